The van der Waals surface area contributed by atoms with Crippen LogP contribution in [0, 0.1) is 13.8 Å². The Labute approximate surface area is 116 Å². The molecule has 0 amide bonds. The summed E-state index contributed by atoms with van der Waals surface area (Å²) in [5.74, 6) is 0. The highest BCUT2D eigenvalue weighted by Gasteiger charge is 2.02. The van der Waals surface area contributed by atoms with E-state index in [1.807, 2.05) is 0 Å². The largest absolute Gasteiger partial charge is 0.381 e. The Morgan fingerprint density at radius 2 is 1.58 bits per heavy atom. The Balaban J connectivity index is 2.12. The molecule has 0 atom stereocenters. The molecule has 0 aliphatic heterocycles. The van der Waals surface area contributed by atoms with Gasteiger partial charge in [-0.25, -0.2) is 0 Å². The lowest BCUT2D eigenvalue weighted by atomic mass is 10.0. The molecule has 0 heterocycles. The van der Waals surface area contributed by atoms with E-state index in [0.29, 0.717) is 0 Å². The Hall–Kier alpha value is -1.96. The van der Waals surface area contributed by atoms with Gasteiger partial charge < -0.3 is 10.2 Å². The predicted molar refractivity (Wildman–Crippen MR) is 84.0 cm³/mol. The molecular formula is C17H22N2. The second-order valence-corrected chi connectivity index (χ2v) is 5.17. The van der Waals surface area contributed by atoms with Crippen molar-refractivity contribution in [2.75, 3.05) is 24.3 Å². The van der Waals surface area contributed by atoms with Crippen LogP contribution in [0.15, 0.2) is 42.5 Å². The fourth-order valence-electron chi connectivity index (χ4n) is 2.21. The molecule has 0 saturated heterocycles. The van der Waals surface area contributed by atoms with Crippen molar-refractivity contribution in [3.05, 3.63) is 59.2 Å². The van der Waals surface area contributed by atoms with E-state index in [0.717, 1.165) is 12.2 Å². The van der Waals surface area contributed by atoms with Crippen molar-refractivity contribution in [3.8, 4) is 0 Å². The molecule has 0 spiro atoms. The molecule has 0 fully saturated rings. The SMILES string of the molecule is Cc1cccc(C)c1CNc1cccc(N(C)C)c1. The summed E-state index contributed by atoms with van der Waals surface area (Å²) in [4.78, 5) is 2.12. The van der Waals surface area contributed by atoms with Crippen molar-refractivity contribution >= 4 is 11.4 Å². The molecule has 2 rings (SSSR count). The maximum absolute atomic E-state index is 3.51. The zero-order valence-electron chi connectivity index (χ0n) is 12.2. The standard InChI is InChI=1S/C17H22N2/c1-13-7-5-8-14(2)17(13)12-18-15-9-6-10-16(11-15)19(3)4/h5-11,18H,12H2,1-4H3. The second kappa shape index (κ2) is 5.79. The molecule has 2 nitrogen and oxygen atoms in total. The topological polar surface area (TPSA) is 15.3 Å². The van der Waals surface area contributed by atoms with Crippen LogP contribution in [-0.2, 0) is 6.54 Å². The van der Waals surface area contributed by atoms with E-state index < -0.39 is 0 Å². The quantitative estimate of drug-likeness (QED) is 0.887. The van der Waals surface area contributed by atoms with Gasteiger partial charge >= 0.3 is 0 Å². The molecule has 0 aliphatic carbocycles. The van der Waals surface area contributed by atoms with E-state index in [4.69, 9.17) is 0 Å². The minimum absolute atomic E-state index is 0.870. The summed E-state index contributed by atoms with van der Waals surface area (Å²) in [6.07, 6.45) is 0. The van der Waals surface area contributed by atoms with Crippen LogP contribution in [0.4, 0.5) is 11.4 Å². The van der Waals surface area contributed by atoms with Gasteiger partial charge in [-0.3, -0.25) is 0 Å². The van der Waals surface area contributed by atoms with Crippen LogP contribution in [0.1, 0.15) is 16.7 Å². The van der Waals surface area contributed by atoms with E-state index in [1.54, 1.807) is 0 Å². The normalized spacial score (nSPS) is 10.3. The third kappa shape index (κ3) is 3.28. The van der Waals surface area contributed by atoms with E-state index in [-0.39, 0.29) is 0 Å². The number of benzene rings is 2. The molecule has 0 aliphatic rings. The number of hydrogen-bond donors (Lipinski definition) is 1. The van der Waals surface area contributed by atoms with Crippen LogP contribution in [-0.4, -0.2) is 14.1 Å². The van der Waals surface area contributed by atoms with Crippen molar-refractivity contribution in [3.63, 3.8) is 0 Å². The highest BCUT2D eigenvalue weighted by atomic mass is 15.1. The summed E-state index contributed by atoms with van der Waals surface area (Å²) >= 11 is 0. The Morgan fingerprint density at radius 3 is 2.21 bits per heavy atom. The van der Waals surface area contributed by atoms with E-state index in [2.05, 4.69) is 80.6 Å². The fraction of sp³-hybridized carbons (Fsp3) is 0.294. The molecule has 19 heavy (non-hydrogen) atoms. The van der Waals surface area contributed by atoms with E-state index in [1.165, 1.54) is 22.4 Å². The monoisotopic (exact) mass is 254 g/mol. The smallest absolute Gasteiger partial charge is 0.0406 e. The van der Waals surface area contributed by atoms with Gasteiger partial charge in [-0.2, -0.15) is 0 Å². The number of anilines is 2. The second-order valence-electron chi connectivity index (χ2n) is 5.17. The molecule has 2 aromatic carbocycles. The highest BCUT2D eigenvalue weighted by Crippen LogP contribution is 2.19. The Kier molecular flexibility index (Phi) is 4.10. The number of hydrogen-bond acceptors (Lipinski definition) is 2. The first kappa shape index (κ1) is 13.5. The van der Waals surface area contributed by atoms with Crippen LogP contribution in [0.2, 0.25) is 0 Å². The minimum atomic E-state index is 0.870. The molecule has 0 aromatic heterocycles. The van der Waals surface area contributed by atoms with Crippen LogP contribution in [0.3, 0.4) is 0 Å². The van der Waals surface area contributed by atoms with Gasteiger partial charge in [0.15, 0.2) is 0 Å². The molecule has 2 aromatic rings. The molecular weight excluding hydrogens is 232 g/mol. The first-order valence-electron chi connectivity index (χ1n) is 6.64. The van der Waals surface area contributed by atoms with Crippen molar-refractivity contribution < 1.29 is 0 Å². The maximum atomic E-state index is 3.51. The maximum Gasteiger partial charge on any atom is 0.0406 e. The number of nitrogens with one attached hydrogen (secondary N) is 1. The zero-order valence-corrected chi connectivity index (χ0v) is 12.2. The summed E-state index contributed by atoms with van der Waals surface area (Å²) in [6.45, 7) is 5.20. The first-order valence-corrected chi connectivity index (χ1v) is 6.64. The lowest BCUT2D eigenvalue weighted by molar-refractivity contribution is 1.08. The average Bonchev–Trinajstić information content (AvgIpc) is 2.38. The van der Waals surface area contributed by atoms with Gasteiger partial charge in [0.1, 0.15) is 0 Å². The van der Waals surface area contributed by atoms with Gasteiger partial charge in [-0.05, 0) is 48.7 Å². The molecule has 2 heteroatoms. The summed E-state index contributed by atoms with van der Waals surface area (Å²) in [6, 6.07) is 14.9. The van der Waals surface area contributed by atoms with Gasteiger partial charge in [-0.1, -0.05) is 24.3 Å². The van der Waals surface area contributed by atoms with Gasteiger partial charge in [0, 0.05) is 32.0 Å². The van der Waals surface area contributed by atoms with Crippen LogP contribution < -0.4 is 10.2 Å². The van der Waals surface area contributed by atoms with Crippen LogP contribution in [0.5, 0.6) is 0 Å². The van der Waals surface area contributed by atoms with Crippen LogP contribution >= 0.6 is 0 Å². The number of aryl methyl sites for hydroxylation is 2. The number of rotatable bonds is 4. The summed E-state index contributed by atoms with van der Waals surface area (Å²) in [5.41, 5.74) is 6.45. The predicted octanol–water partition coefficient (Wildman–Crippen LogP) is 3.98. The van der Waals surface area contributed by atoms with Gasteiger partial charge in [0.25, 0.3) is 0 Å². The molecule has 0 saturated carbocycles. The summed E-state index contributed by atoms with van der Waals surface area (Å²) in [5, 5.41) is 3.51. The van der Waals surface area contributed by atoms with Crippen molar-refractivity contribution in [2.24, 2.45) is 0 Å². The van der Waals surface area contributed by atoms with Crippen LogP contribution in [0.25, 0.3) is 0 Å². The third-order valence-electron chi connectivity index (χ3n) is 3.48. The minimum Gasteiger partial charge on any atom is -0.381 e. The molecule has 0 radical (unpaired) electrons. The van der Waals surface area contributed by atoms with E-state index in [9.17, 15) is 0 Å². The first-order chi connectivity index (χ1) is 9.08. The molecule has 0 unspecified atom stereocenters. The summed E-state index contributed by atoms with van der Waals surface area (Å²) in [7, 11) is 4.12. The highest BCUT2D eigenvalue weighted by molar-refractivity contribution is 5.57. The van der Waals surface area contributed by atoms with Crippen molar-refractivity contribution in [2.45, 2.75) is 20.4 Å². The lowest BCUT2D eigenvalue weighted by Crippen LogP contribution is -2.09. The lowest BCUT2D eigenvalue weighted by Gasteiger charge is -2.15. The fourth-order valence-corrected chi connectivity index (χ4v) is 2.21. The molecule has 1 N–H and O–H groups in total. The number of nitrogens with zero attached hydrogens (tertiary/aromatic N) is 1. The van der Waals surface area contributed by atoms with Gasteiger partial charge in [0.2, 0.25) is 0 Å². The average molecular weight is 254 g/mol. The van der Waals surface area contributed by atoms with Crippen molar-refractivity contribution in [1.82, 2.24) is 0 Å². The zero-order chi connectivity index (χ0) is 13.8. The summed E-state index contributed by atoms with van der Waals surface area (Å²) < 4.78 is 0. The third-order valence-corrected chi connectivity index (χ3v) is 3.48. The van der Waals surface area contributed by atoms with E-state index >= 15 is 0 Å². The molecule has 100 valence electrons. The Morgan fingerprint density at radius 1 is 0.947 bits per heavy atom. The van der Waals surface area contributed by atoms with Crippen molar-refractivity contribution in [1.29, 1.82) is 0 Å². The molecule has 0 bridgehead atoms. The van der Waals surface area contributed by atoms with Gasteiger partial charge in [0.05, 0.1) is 0 Å². The Bertz CT molecular complexity index is 539. The van der Waals surface area contributed by atoms with Gasteiger partial charge in [-0.15, -0.1) is 0 Å².